The van der Waals surface area contributed by atoms with Crippen molar-refractivity contribution in [2.24, 2.45) is 17.8 Å². The van der Waals surface area contributed by atoms with Crippen LogP contribution >= 0.6 is 30.3 Å². The first-order valence-electron chi connectivity index (χ1n) is 23.6. The largest absolute Gasteiger partial charge is 0.495 e. The SMILES string of the molecule is COc1ccc2c(O[C@@H]3C[C@H]4C(=O)C[C@]5(P(=O)(O)Cc6c(C)cccc6F)C[C@@H]5CCCCCCC[C@H](CC(=O)CC5CCCC5)C(=O)N4C3)cc(-c3csc(NC(C)C)n3)nc2c1Cl. The van der Waals surface area contributed by atoms with Gasteiger partial charge in [0.05, 0.1) is 42.2 Å². The Morgan fingerprint density at radius 1 is 1.02 bits per heavy atom. The second kappa shape index (κ2) is 20.1. The first-order valence-corrected chi connectivity index (χ1v) is 26.7. The van der Waals surface area contributed by atoms with E-state index in [9.17, 15) is 14.3 Å². The summed E-state index contributed by atoms with van der Waals surface area (Å²) in [6.45, 7) is 5.88. The van der Waals surface area contributed by atoms with E-state index in [1.807, 2.05) is 25.3 Å². The maximum Gasteiger partial charge on any atom is 0.226 e. The minimum absolute atomic E-state index is 0.0758. The molecule has 4 fully saturated rings. The number of hydrogen-bond acceptors (Lipinski definition) is 10. The van der Waals surface area contributed by atoms with Crippen molar-refractivity contribution < 1.29 is 37.7 Å². The molecule has 2 aliphatic carbocycles. The summed E-state index contributed by atoms with van der Waals surface area (Å²) in [5, 5.41) is 5.65. The molecule has 2 aromatic carbocycles. The lowest BCUT2D eigenvalue weighted by atomic mass is 9.89. The number of aryl methyl sites for hydroxylation is 1. The van der Waals surface area contributed by atoms with E-state index in [4.69, 9.17) is 31.0 Å². The lowest BCUT2D eigenvalue weighted by Crippen LogP contribution is -2.45. The van der Waals surface area contributed by atoms with Crippen molar-refractivity contribution in [1.29, 1.82) is 0 Å². The Morgan fingerprint density at radius 3 is 2.49 bits per heavy atom. The Labute approximate surface area is 391 Å². The number of thiazole rings is 1. The van der Waals surface area contributed by atoms with E-state index < -0.39 is 36.4 Å². The van der Waals surface area contributed by atoms with Gasteiger partial charge < -0.3 is 24.6 Å². The lowest BCUT2D eigenvalue weighted by Gasteiger charge is -2.30. The standard InChI is InChI=1S/C50H63ClFN4O7PS/c1-30(2)53-49-55-41(29-65-49)40-24-45(37-19-20-44(62-4)46(51)47(37)54-40)63-36-23-42-43(58)26-50(64(60,61)28-38-31(3)13-12-18-39(38)52)25-34(50)17-9-7-5-6-8-16-33(48(59)56(42)27-36)22-35(57)21-32-14-10-11-15-32/h12-13,18-20,24,29-30,32-34,36,42H,5-11,14-17,21-23,25-28H2,1-4H3,(H,53,55)(H,60,61)/t33-,34+,36-,42+,50-/m1/s1. The van der Waals surface area contributed by atoms with Crippen molar-refractivity contribution in [3.63, 3.8) is 0 Å². The highest BCUT2D eigenvalue weighted by molar-refractivity contribution is 7.59. The number of anilines is 1. The van der Waals surface area contributed by atoms with Crippen LogP contribution in [0.1, 0.15) is 128 Å². The highest BCUT2D eigenvalue weighted by Gasteiger charge is 2.65. The number of halogens is 2. The molecule has 2 aromatic heterocycles. The van der Waals surface area contributed by atoms with Crippen molar-refractivity contribution in [3.8, 4) is 22.9 Å². The van der Waals surface area contributed by atoms with Crippen LogP contribution in [-0.2, 0) is 25.1 Å². The molecule has 11 nitrogen and oxygen atoms in total. The zero-order valence-electron chi connectivity index (χ0n) is 38.1. The maximum atomic E-state index is 15.3. The van der Waals surface area contributed by atoms with Crippen LogP contribution in [0.4, 0.5) is 9.52 Å². The number of nitrogens with one attached hydrogen (secondary N) is 1. The molecule has 2 aliphatic heterocycles. The highest BCUT2D eigenvalue weighted by atomic mass is 35.5. The average Bonchev–Trinajstić information content (AvgIpc) is 3.68. The van der Waals surface area contributed by atoms with Gasteiger partial charge in [0.2, 0.25) is 13.3 Å². The second-order valence-electron chi connectivity index (χ2n) is 19.5. The van der Waals surface area contributed by atoms with Crippen molar-refractivity contribution in [2.75, 3.05) is 19.0 Å². The van der Waals surface area contributed by atoms with Crippen molar-refractivity contribution in [2.45, 2.75) is 153 Å². The Balaban J connectivity index is 1.14. The van der Waals surface area contributed by atoms with Gasteiger partial charge in [-0.2, -0.15) is 0 Å². The van der Waals surface area contributed by atoms with Gasteiger partial charge in [-0.1, -0.05) is 81.5 Å². The number of carbonyl (C=O) groups excluding carboxylic acids is 3. The van der Waals surface area contributed by atoms with E-state index in [2.05, 4.69) is 5.32 Å². The molecule has 6 atom stereocenters. The molecule has 8 rings (SSSR count). The van der Waals surface area contributed by atoms with Crippen molar-refractivity contribution in [3.05, 3.63) is 63.7 Å². The molecule has 4 aromatic rings. The van der Waals surface area contributed by atoms with Crippen LogP contribution in [0.5, 0.6) is 11.5 Å². The number of ketones is 2. The number of amides is 1. The third kappa shape index (κ3) is 10.5. The van der Waals surface area contributed by atoms with Crippen molar-refractivity contribution >= 4 is 63.8 Å². The molecule has 15 heteroatoms. The Bertz CT molecular complexity index is 2440. The van der Waals surface area contributed by atoms with Crippen LogP contribution in [0.3, 0.4) is 0 Å². The summed E-state index contributed by atoms with van der Waals surface area (Å²) >= 11 is 8.37. The first kappa shape index (κ1) is 47.6. The summed E-state index contributed by atoms with van der Waals surface area (Å²) in [4.78, 5) is 67.3. The number of fused-ring (bicyclic) bond motifs is 3. The first-order chi connectivity index (χ1) is 31.2. The smallest absolute Gasteiger partial charge is 0.226 e. The minimum atomic E-state index is -4.18. The molecule has 1 unspecified atom stereocenters. The molecule has 1 amide bonds. The number of methoxy groups -OCH3 is 1. The van der Waals surface area contributed by atoms with Gasteiger partial charge in [-0.15, -0.1) is 11.3 Å². The molecule has 0 spiro atoms. The zero-order valence-corrected chi connectivity index (χ0v) is 40.6. The predicted molar refractivity (Wildman–Crippen MR) is 255 cm³/mol. The number of benzene rings is 2. The van der Waals surface area contributed by atoms with E-state index in [0.29, 0.717) is 76.0 Å². The normalized spacial score (nSPS) is 25.4. The average molecular weight is 950 g/mol. The van der Waals surface area contributed by atoms with E-state index in [-0.39, 0.29) is 67.0 Å². The van der Waals surface area contributed by atoms with E-state index in [1.54, 1.807) is 36.1 Å². The highest BCUT2D eigenvalue weighted by Crippen LogP contribution is 2.75. The fourth-order valence-electron chi connectivity index (χ4n) is 10.8. The van der Waals surface area contributed by atoms with E-state index in [0.717, 1.165) is 62.9 Å². The quantitative estimate of drug-likeness (QED) is 0.124. The lowest BCUT2D eigenvalue weighted by molar-refractivity contribution is -0.143. The number of carbonyl (C=O) groups is 3. The summed E-state index contributed by atoms with van der Waals surface area (Å²) in [6, 6.07) is 9.20. The van der Waals surface area contributed by atoms with Gasteiger partial charge in [0, 0.05) is 60.0 Å². The predicted octanol–water partition coefficient (Wildman–Crippen LogP) is 11.7. The molecular formula is C50H63ClFN4O7PS. The fourth-order valence-corrected chi connectivity index (χ4v) is 14.7. The number of Topliss-reactive ketones (excluding diaryl/α,β-unsaturated/α-hetero) is 2. The molecular weight excluding hydrogens is 886 g/mol. The summed E-state index contributed by atoms with van der Waals surface area (Å²) < 4.78 is 42.5. The third-order valence-electron chi connectivity index (χ3n) is 14.5. The molecule has 2 saturated carbocycles. The van der Waals surface area contributed by atoms with Crippen LogP contribution in [-0.4, -0.2) is 74.2 Å². The summed E-state index contributed by atoms with van der Waals surface area (Å²) in [7, 11) is -2.65. The summed E-state index contributed by atoms with van der Waals surface area (Å²) in [5.41, 5.74) is 2.36. The fraction of sp³-hybridized carbons (Fsp3) is 0.580. The number of nitrogens with zero attached hydrogens (tertiary/aromatic N) is 3. The number of ether oxygens (including phenoxy) is 2. The number of aromatic nitrogens is 2. The van der Waals surface area contributed by atoms with Crippen LogP contribution in [0.2, 0.25) is 5.02 Å². The minimum Gasteiger partial charge on any atom is -0.495 e. The molecule has 4 heterocycles. The van der Waals surface area contributed by atoms with Crippen LogP contribution in [0.15, 0.2) is 41.8 Å². The molecule has 4 aliphatic rings. The second-order valence-corrected chi connectivity index (χ2v) is 23.3. The zero-order chi connectivity index (χ0) is 46.0. The van der Waals surface area contributed by atoms with E-state index >= 15 is 14.0 Å². The van der Waals surface area contributed by atoms with Crippen molar-refractivity contribution in [1.82, 2.24) is 14.9 Å². The van der Waals surface area contributed by atoms with Crippen LogP contribution in [0, 0.1) is 30.5 Å². The van der Waals surface area contributed by atoms with Crippen LogP contribution < -0.4 is 14.8 Å². The third-order valence-corrected chi connectivity index (χ3v) is 18.5. The Kier molecular flexibility index (Phi) is 14.7. The molecule has 0 radical (unpaired) electrons. The van der Waals surface area contributed by atoms with Gasteiger partial charge in [0.15, 0.2) is 10.9 Å². The molecule has 2 saturated heterocycles. The summed E-state index contributed by atoms with van der Waals surface area (Å²) in [6.07, 6.45) is 9.82. The Morgan fingerprint density at radius 2 is 1.75 bits per heavy atom. The molecule has 0 bridgehead atoms. The van der Waals surface area contributed by atoms with Gasteiger partial charge in [-0.3, -0.25) is 18.9 Å². The monoisotopic (exact) mass is 948 g/mol. The van der Waals surface area contributed by atoms with Gasteiger partial charge >= 0.3 is 0 Å². The number of pyridine rings is 1. The summed E-state index contributed by atoms with van der Waals surface area (Å²) in [5.74, 6) is -0.560. The topological polar surface area (TPSA) is 148 Å². The van der Waals surface area contributed by atoms with E-state index in [1.165, 1.54) is 24.5 Å². The Hall–Kier alpha value is -3.90. The van der Waals surface area contributed by atoms with Gasteiger partial charge in [-0.25, -0.2) is 14.4 Å². The van der Waals surface area contributed by atoms with Crippen LogP contribution in [0.25, 0.3) is 22.3 Å². The van der Waals surface area contributed by atoms with Gasteiger partial charge in [-0.05, 0) is 75.6 Å². The van der Waals surface area contributed by atoms with Gasteiger partial charge in [0.25, 0.3) is 0 Å². The number of hydrogen-bond donors (Lipinski definition) is 2. The molecule has 2 N–H and O–H groups in total. The van der Waals surface area contributed by atoms with Gasteiger partial charge in [0.1, 0.15) is 39.9 Å². The maximum absolute atomic E-state index is 15.3. The molecule has 65 heavy (non-hydrogen) atoms. The number of rotatable bonds is 13. The molecule has 350 valence electrons.